The zero-order valence-corrected chi connectivity index (χ0v) is 11.0. The number of hydrogen-bond acceptors (Lipinski definition) is 2. The van der Waals surface area contributed by atoms with E-state index in [9.17, 15) is 4.79 Å². The number of carboxylic acid groups (broad SMARTS) is 1. The van der Waals surface area contributed by atoms with E-state index in [0.29, 0.717) is 12.1 Å². The SMILES string of the molecule is O=C(O)C=C1CC2CCC(C1)N2C1CCCCC1. The fourth-order valence-electron chi connectivity index (χ4n) is 4.35. The van der Waals surface area contributed by atoms with Crippen molar-refractivity contribution in [2.75, 3.05) is 0 Å². The largest absolute Gasteiger partial charge is 0.478 e. The molecule has 2 heterocycles. The number of hydrogen-bond donors (Lipinski definition) is 1. The number of rotatable bonds is 2. The smallest absolute Gasteiger partial charge is 0.328 e. The number of carbonyl (C=O) groups is 1. The lowest BCUT2D eigenvalue weighted by Crippen LogP contribution is -2.48. The zero-order valence-electron chi connectivity index (χ0n) is 11.0. The van der Waals surface area contributed by atoms with Crippen LogP contribution in [-0.4, -0.2) is 34.1 Å². The highest BCUT2D eigenvalue weighted by Gasteiger charge is 2.42. The van der Waals surface area contributed by atoms with Gasteiger partial charge in [-0.15, -0.1) is 0 Å². The van der Waals surface area contributed by atoms with Gasteiger partial charge in [-0.3, -0.25) is 4.90 Å². The second-order valence-electron chi connectivity index (χ2n) is 6.17. The molecule has 3 rings (SSSR count). The van der Waals surface area contributed by atoms with E-state index in [1.807, 2.05) is 0 Å². The molecule has 2 aliphatic heterocycles. The Kier molecular flexibility index (Phi) is 3.42. The minimum absolute atomic E-state index is 0.637. The van der Waals surface area contributed by atoms with Gasteiger partial charge < -0.3 is 5.11 Å². The van der Waals surface area contributed by atoms with Crippen molar-refractivity contribution in [1.82, 2.24) is 4.90 Å². The van der Waals surface area contributed by atoms with Crippen LogP contribution in [0.4, 0.5) is 0 Å². The van der Waals surface area contributed by atoms with Crippen LogP contribution < -0.4 is 0 Å². The number of fused-ring (bicyclic) bond motifs is 2. The second-order valence-corrected chi connectivity index (χ2v) is 6.17. The Balaban J connectivity index is 1.71. The maximum Gasteiger partial charge on any atom is 0.328 e. The molecule has 0 radical (unpaired) electrons. The highest BCUT2D eigenvalue weighted by molar-refractivity contribution is 5.80. The summed E-state index contributed by atoms with van der Waals surface area (Å²) in [6.45, 7) is 0. The van der Waals surface area contributed by atoms with Crippen LogP contribution in [0.2, 0.25) is 0 Å². The van der Waals surface area contributed by atoms with Gasteiger partial charge in [-0.2, -0.15) is 0 Å². The number of nitrogens with zero attached hydrogens (tertiary/aromatic N) is 1. The summed E-state index contributed by atoms with van der Waals surface area (Å²) in [5, 5.41) is 8.88. The Bertz CT molecular complexity index is 342. The number of piperidine rings is 1. The molecule has 2 saturated heterocycles. The molecule has 0 aromatic heterocycles. The molecule has 3 nitrogen and oxygen atoms in total. The van der Waals surface area contributed by atoms with Crippen LogP contribution in [0.3, 0.4) is 0 Å². The molecule has 3 aliphatic rings. The molecule has 0 spiro atoms. The molecule has 1 N–H and O–H groups in total. The normalized spacial score (nSPS) is 33.7. The summed E-state index contributed by atoms with van der Waals surface area (Å²) in [6, 6.07) is 2.07. The summed E-state index contributed by atoms with van der Waals surface area (Å²) in [5.74, 6) is -0.768. The molecule has 0 amide bonds. The summed E-state index contributed by atoms with van der Waals surface area (Å²) in [7, 11) is 0. The minimum Gasteiger partial charge on any atom is -0.478 e. The van der Waals surface area contributed by atoms with Gasteiger partial charge in [-0.1, -0.05) is 24.8 Å². The molecule has 3 fully saturated rings. The third kappa shape index (κ3) is 2.33. The van der Waals surface area contributed by atoms with E-state index in [2.05, 4.69) is 4.90 Å². The summed E-state index contributed by atoms with van der Waals surface area (Å²) in [5.41, 5.74) is 1.17. The van der Waals surface area contributed by atoms with Gasteiger partial charge in [0.1, 0.15) is 0 Å². The van der Waals surface area contributed by atoms with Crippen molar-refractivity contribution < 1.29 is 9.90 Å². The van der Waals surface area contributed by atoms with Crippen LogP contribution in [0.25, 0.3) is 0 Å². The summed E-state index contributed by atoms with van der Waals surface area (Å²) < 4.78 is 0. The minimum atomic E-state index is -0.768. The molecule has 1 aliphatic carbocycles. The molecule has 0 aromatic carbocycles. The Labute approximate surface area is 109 Å². The van der Waals surface area contributed by atoms with E-state index < -0.39 is 5.97 Å². The van der Waals surface area contributed by atoms with E-state index in [0.717, 1.165) is 18.9 Å². The fourth-order valence-corrected chi connectivity index (χ4v) is 4.35. The van der Waals surface area contributed by atoms with Crippen molar-refractivity contribution in [2.45, 2.75) is 75.9 Å². The lowest BCUT2D eigenvalue weighted by atomic mass is 9.88. The molecule has 0 aromatic rings. The third-order valence-electron chi connectivity index (χ3n) is 5.00. The summed E-state index contributed by atoms with van der Waals surface area (Å²) >= 11 is 0. The van der Waals surface area contributed by atoms with Crippen LogP contribution in [-0.2, 0) is 4.79 Å². The van der Waals surface area contributed by atoms with E-state index in [1.165, 1.54) is 56.6 Å². The van der Waals surface area contributed by atoms with Gasteiger partial charge in [0.25, 0.3) is 0 Å². The number of aliphatic carboxylic acids is 1. The molecule has 18 heavy (non-hydrogen) atoms. The molecule has 3 heteroatoms. The molecular formula is C15H23NO2. The van der Waals surface area contributed by atoms with Gasteiger partial charge >= 0.3 is 5.97 Å². The predicted octanol–water partition coefficient (Wildman–Crippen LogP) is 2.96. The van der Waals surface area contributed by atoms with Gasteiger partial charge in [-0.25, -0.2) is 4.79 Å². The van der Waals surface area contributed by atoms with E-state index in [1.54, 1.807) is 0 Å². The second kappa shape index (κ2) is 5.04. The Morgan fingerprint density at radius 1 is 1.00 bits per heavy atom. The van der Waals surface area contributed by atoms with Gasteiger partial charge in [0.15, 0.2) is 0 Å². The molecule has 2 atom stereocenters. The van der Waals surface area contributed by atoms with Crippen LogP contribution in [0.5, 0.6) is 0 Å². The molecular weight excluding hydrogens is 226 g/mol. The van der Waals surface area contributed by atoms with Gasteiger partial charge in [-0.05, 0) is 38.5 Å². The first-order valence-electron chi connectivity index (χ1n) is 7.44. The lowest BCUT2D eigenvalue weighted by Gasteiger charge is -2.43. The fraction of sp³-hybridized carbons (Fsp3) is 0.800. The van der Waals surface area contributed by atoms with Crippen molar-refractivity contribution in [3.8, 4) is 0 Å². The van der Waals surface area contributed by atoms with E-state index >= 15 is 0 Å². The number of carboxylic acids is 1. The summed E-state index contributed by atoms with van der Waals surface area (Å²) in [4.78, 5) is 13.6. The summed E-state index contributed by atoms with van der Waals surface area (Å²) in [6.07, 6.45) is 12.9. The van der Waals surface area contributed by atoms with Gasteiger partial charge in [0.2, 0.25) is 0 Å². The van der Waals surface area contributed by atoms with Crippen molar-refractivity contribution >= 4 is 5.97 Å². The van der Waals surface area contributed by atoms with Gasteiger partial charge in [0, 0.05) is 24.2 Å². The molecule has 100 valence electrons. The molecule has 2 bridgehead atoms. The average Bonchev–Trinajstić information content (AvgIpc) is 2.62. The monoisotopic (exact) mass is 249 g/mol. The van der Waals surface area contributed by atoms with Gasteiger partial charge in [0.05, 0.1) is 0 Å². The van der Waals surface area contributed by atoms with E-state index in [-0.39, 0.29) is 0 Å². The first-order valence-corrected chi connectivity index (χ1v) is 7.44. The standard InChI is InChI=1S/C15H23NO2/c17-15(18)10-11-8-13-6-7-14(9-11)16(13)12-4-2-1-3-5-12/h10,12-14H,1-9H2,(H,17,18). The molecule has 1 saturated carbocycles. The van der Waals surface area contributed by atoms with Crippen LogP contribution >= 0.6 is 0 Å². The predicted molar refractivity (Wildman–Crippen MR) is 70.5 cm³/mol. The zero-order chi connectivity index (χ0) is 12.5. The van der Waals surface area contributed by atoms with Crippen LogP contribution in [0.1, 0.15) is 57.8 Å². The van der Waals surface area contributed by atoms with Crippen LogP contribution in [0, 0.1) is 0 Å². The van der Waals surface area contributed by atoms with Crippen molar-refractivity contribution in [1.29, 1.82) is 0 Å². The first kappa shape index (κ1) is 12.2. The third-order valence-corrected chi connectivity index (χ3v) is 5.00. The maximum atomic E-state index is 10.8. The van der Waals surface area contributed by atoms with Crippen molar-refractivity contribution in [3.05, 3.63) is 11.6 Å². The average molecular weight is 249 g/mol. The lowest BCUT2D eigenvalue weighted by molar-refractivity contribution is -0.131. The Morgan fingerprint density at radius 3 is 2.17 bits per heavy atom. The topological polar surface area (TPSA) is 40.5 Å². The Hall–Kier alpha value is -0.830. The highest BCUT2D eigenvalue weighted by atomic mass is 16.4. The maximum absolute atomic E-state index is 10.8. The first-order chi connectivity index (χ1) is 8.74. The highest BCUT2D eigenvalue weighted by Crippen LogP contribution is 2.42. The van der Waals surface area contributed by atoms with Crippen molar-refractivity contribution in [2.24, 2.45) is 0 Å². The molecule has 2 unspecified atom stereocenters. The quantitative estimate of drug-likeness (QED) is 0.765. The van der Waals surface area contributed by atoms with Crippen molar-refractivity contribution in [3.63, 3.8) is 0 Å². The van der Waals surface area contributed by atoms with E-state index in [4.69, 9.17) is 5.11 Å². The Morgan fingerprint density at radius 2 is 1.61 bits per heavy atom. The van der Waals surface area contributed by atoms with Crippen LogP contribution in [0.15, 0.2) is 11.6 Å².